The first-order chi connectivity index (χ1) is 8.73. The van der Waals surface area contributed by atoms with Crippen LogP contribution < -0.4 is 5.32 Å². The minimum Gasteiger partial charge on any atom is -0.468 e. The lowest BCUT2D eigenvalue weighted by atomic mass is 9.95. The van der Waals surface area contributed by atoms with Crippen molar-refractivity contribution >= 4 is 17.7 Å². The average Bonchev–Trinajstić information content (AvgIpc) is 2.32. The van der Waals surface area contributed by atoms with E-state index in [4.69, 9.17) is 4.74 Å². The number of carbonyl (C=O) groups excluding carboxylic acids is 1. The summed E-state index contributed by atoms with van der Waals surface area (Å²) in [7, 11) is 1.42. The fraction of sp³-hybridized carbons (Fsp3) is 0.929. The minimum atomic E-state index is -0.627. The lowest BCUT2D eigenvalue weighted by molar-refractivity contribution is -0.148. The number of aliphatic hydroxyl groups excluding tert-OH is 1. The Morgan fingerprint density at radius 3 is 2.37 bits per heavy atom. The van der Waals surface area contributed by atoms with Crippen LogP contribution in [-0.4, -0.2) is 46.9 Å². The van der Waals surface area contributed by atoms with Crippen LogP contribution in [0.5, 0.6) is 0 Å². The molecule has 0 aliphatic heterocycles. The summed E-state index contributed by atoms with van der Waals surface area (Å²) >= 11 is 1.73. The molecule has 0 aliphatic rings. The predicted octanol–water partition coefficient (Wildman–Crippen LogP) is 2.20. The highest BCUT2D eigenvalue weighted by Gasteiger charge is 2.34. The normalized spacial score (nSPS) is 17.9. The van der Waals surface area contributed by atoms with Gasteiger partial charge in [0, 0.05) is 11.3 Å². The number of ether oxygens (including phenoxy) is 1. The molecule has 3 unspecified atom stereocenters. The maximum Gasteiger partial charge on any atom is 0.325 e. The van der Waals surface area contributed by atoms with Crippen molar-refractivity contribution in [1.29, 1.82) is 0 Å². The molecule has 0 saturated carbocycles. The summed E-state index contributed by atoms with van der Waals surface area (Å²) < 4.78 is 4.88. The molecule has 2 N–H and O–H groups in total. The van der Waals surface area contributed by atoms with Crippen molar-refractivity contribution in [2.24, 2.45) is 0 Å². The zero-order valence-electron chi connectivity index (χ0n) is 13.0. The van der Waals surface area contributed by atoms with E-state index >= 15 is 0 Å². The SMILES string of the molecule is COC(=O)C(C)(CCCSC(C)C(C)O)NC(C)C. The Morgan fingerprint density at radius 2 is 1.95 bits per heavy atom. The quantitative estimate of drug-likeness (QED) is 0.504. The van der Waals surface area contributed by atoms with Gasteiger partial charge in [-0.2, -0.15) is 11.8 Å². The van der Waals surface area contributed by atoms with E-state index in [1.54, 1.807) is 18.7 Å². The summed E-state index contributed by atoms with van der Waals surface area (Å²) in [6.45, 7) is 9.75. The Hall–Kier alpha value is -0.260. The Kier molecular flexibility index (Phi) is 8.70. The van der Waals surface area contributed by atoms with Gasteiger partial charge in [-0.15, -0.1) is 0 Å². The van der Waals surface area contributed by atoms with Crippen LogP contribution in [0.25, 0.3) is 0 Å². The van der Waals surface area contributed by atoms with Gasteiger partial charge in [0.05, 0.1) is 13.2 Å². The summed E-state index contributed by atoms with van der Waals surface area (Å²) in [6.07, 6.45) is 1.34. The second-order valence-corrected chi connectivity index (χ2v) is 7.03. The fourth-order valence-corrected chi connectivity index (χ4v) is 2.89. The zero-order valence-corrected chi connectivity index (χ0v) is 13.8. The Bertz CT molecular complexity index is 271. The van der Waals surface area contributed by atoms with Crippen LogP contribution in [0.3, 0.4) is 0 Å². The van der Waals surface area contributed by atoms with E-state index in [0.29, 0.717) is 0 Å². The third-order valence-corrected chi connectivity index (χ3v) is 4.57. The van der Waals surface area contributed by atoms with Gasteiger partial charge in [-0.25, -0.2) is 0 Å². The van der Waals surface area contributed by atoms with Crippen molar-refractivity contribution in [2.45, 2.75) is 70.4 Å². The minimum absolute atomic E-state index is 0.213. The molecule has 0 fully saturated rings. The van der Waals surface area contributed by atoms with Crippen molar-refractivity contribution in [3.63, 3.8) is 0 Å². The van der Waals surface area contributed by atoms with Crippen molar-refractivity contribution in [1.82, 2.24) is 5.32 Å². The number of thioether (sulfide) groups is 1. The second-order valence-electron chi connectivity index (χ2n) is 5.54. The first kappa shape index (κ1) is 18.7. The van der Waals surface area contributed by atoms with Gasteiger partial charge in [0.15, 0.2) is 0 Å². The van der Waals surface area contributed by atoms with E-state index in [0.717, 1.165) is 18.6 Å². The molecule has 0 bridgehead atoms. The van der Waals surface area contributed by atoms with Gasteiger partial charge < -0.3 is 9.84 Å². The summed E-state index contributed by atoms with van der Waals surface area (Å²) in [5.74, 6) is 0.716. The van der Waals surface area contributed by atoms with Crippen molar-refractivity contribution in [3.05, 3.63) is 0 Å². The summed E-state index contributed by atoms with van der Waals surface area (Å²) in [4.78, 5) is 11.9. The average molecular weight is 291 g/mol. The zero-order chi connectivity index (χ0) is 15.1. The summed E-state index contributed by atoms with van der Waals surface area (Å²) in [5, 5.41) is 12.9. The van der Waals surface area contributed by atoms with Crippen LogP contribution >= 0.6 is 11.8 Å². The molecule has 0 rings (SSSR count). The van der Waals surface area contributed by atoms with E-state index in [9.17, 15) is 9.90 Å². The topological polar surface area (TPSA) is 58.6 Å². The van der Waals surface area contributed by atoms with Gasteiger partial charge in [0.2, 0.25) is 0 Å². The molecule has 0 aromatic heterocycles. The van der Waals surface area contributed by atoms with Gasteiger partial charge in [-0.3, -0.25) is 10.1 Å². The molecule has 0 saturated heterocycles. The Labute approximate surface area is 121 Å². The van der Waals surface area contributed by atoms with Gasteiger partial charge in [-0.1, -0.05) is 6.92 Å². The molecule has 0 amide bonds. The Balaban J connectivity index is 4.24. The van der Waals surface area contributed by atoms with E-state index in [1.807, 2.05) is 27.7 Å². The number of hydrogen-bond acceptors (Lipinski definition) is 5. The molecule has 0 spiro atoms. The van der Waals surface area contributed by atoms with E-state index < -0.39 is 5.54 Å². The number of rotatable bonds is 9. The summed E-state index contributed by atoms with van der Waals surface area (Å²) in [6, 6.07) is 0.230. The largest absolute Gasteiger partial charge is 0.468 e. The van der Waals surface area contributed by atoms with Crippen LogP contribution in [0.15, 0.2) is 0 Å². The maximum absolute atomic E-state index is 11.9. The van der Waals surface area contributed by atoms with Crippen LogP contribution in [0.4, 0.5) is 0 Å². The molecule has 19 heavy (non-hydrogen) atoms. The third kappa shape index (κ3) is 7.18. The number of carbonyl (C=O) groups is 1. The molecule has 0 heterocycles. The molecule has 0 aromatic rings. The second kappa shape index (κ2) is 8.82. The lowest BCUT2D eigenvalue weighted by Crippen LogP contribution is -2.53. The maximum atomic E-state index is 11.9. The molecule has 4 nitrogen and oxygen atoms in total. The number of hydrogen-bond donors (Lipinski definition) is 2. The van der Waals surface area contributed by atoms with Crippen molar-refractivity contribution in [3.8, 4) is 0 Å². The van der Waals surface area contributed by atoms with Gasteiger partial charge in [-0.05, 0) is 46.3 Å². The van der Waals surface area contributed by atoms with Crippen LogP contribution in [0, 0.1) is 0 Å². The van der Waals surface area contributed by atoms with E-state index in [2.05, 4.69) is 5.32 Å². The smallest absolute Gasteiger partial charge is 0.325 e. The first-order valence-electron chi connectivity index (χ1n) is 6.88. The molecule has 0 aliphatic carbocycles. The van der Waals surface area contributed by atoms with Gasteiger partial charge in [0.25, 0.3) is 0 Å². The highest BCUT2D eigenvalue weighted by Crippen LogP contribution is 2.21. The molecular formula is C14H29NO3S. The molecule has 0 aromatic carbocycles. The van der Waals surface area contributed by atoms with Gasteiger partial charge >= 0.3 is 5.97 Å². The molecule has 0 radical (unpaired) electrons. The molecule has 3 atom stereocenters. The number of aliphatic hydroxyl groups is 1. The summed E-state index contributed by atoms with van der Waals surface area (Å²) in [5.41, 5.74) is -0.627. The number of nitrogens with one attached hydrogen (secondary N) is 1. The number of esters is 1. The van der Waals surface area contributed by atoms with Crippen molar-refractivity contribution in [2.75, 3.05) is 12.9 Å². The van der Waals surface area contributed by atoms with E-state index in [-0.39, 0.29) is 23.4 Å². The Morgan fingerprint density at radius 1 is 1.37 bits per heavy atom. The van der Waals surface area contributed by atoms with Gasteiger partial charge in [0.1, 0.15) is 5.54 Å². The third-order valence-electron chi connectivity index (χ3n) is 3.12. The lowest BCUT2D eigenvalue weighted by Gasteiger charge is -2.30. The first-order valence-corrected chi connectivity index (χ1v) is 7.93. The highest BCUT2D eigenvalue weighted by atomic mass is 32.2. The van der Waals surface area contributed by atoms with Crippen LogP contribution in [0.2, 0.25) is 0 Å². The van der Waals surface area contributed by atoms with Crippen LogP contribution in [0.1, 0.15) is 47.5 Å². The molecule has 5 heteroatoms. The monoisotopic (exact) mass is 291 g/mol. The predicted molar refractivity (Wildman–Crippen MR) is 81.5 cm³/mol. The number of methoxy groups -OCH3 is 1. The van der Waals surface area contributed by atoms with Crippen molar-refractivity contribution < 1.29 is 14.6 Å². The molecule has 114 valence electrons. The standard InChI is InChI=1S/C14H29NO3S/c1-10(2)15-14(5,13(17)18-6)8-7-9-19-12(4)11(3)16/h10-12,15-16H,7-9H2,1-6H3. The molecular weight excluding hydrogens is 262 g/mol. The van der Waals surface area contributed by atoms with E-state index in [1.165, 1.54) is 7.11 Å². The fourth-order valence-electron chi connectivity index (χ4n) is 1.93. The van der Waals surface area contributed by atoms with Crippen LogP contribution in [-0.2, 0) is 9.53 Å². The highest BCUT2D eigenvalue weighted by molar-refractivity contribution is 7.99.